The van der Waals surface area contributed by atoms with Crippen LogP contribution in [0.5, 0.6) is 5.75 Å². The van der Waals surface area contributed by atoms with Gasteiger partial charge in [0.1, 0.15) is 5.75 Å². The molecule has 0 aliphatic rings. The average molecular weight is 293 g/mol. The molecule has 22 heavy (non-hydrogen) atoms. The van der Waals surface area contributed by atoms with Crippen molar-refractivity contribution in [2.24, 2.45) is 0 Å². The topological polar surface area (TPSA) is 39.1 Å². The van der Waals surface area contributed by atoms with Gasteiger partial charge in [-0.05, 0) is 35.4 Å². The fourth-order valence-corrected chi connectivity index (χ4v) is 2.33. The molecule has 1 aromatic heterocycles. The first kappa shape index (κ1) is 14.4. The number of rotatable bonds is 6. The van der Waals surface area contributed by atoms with Gasteiger partial charge >= 0.3 is 0 Å². The Balaban J connectivity index is 1.55. The summed E-state index contributed by atoms with van der Waals surface area (Å²) in [5.74, 6) is 0.893. The van der Waals surface area contributed by atoms with Gasteiger partial charge in [-0.2, -0.15) is 0 Å². The van der Waals surface area contributed by atoms with Crippen molar-refractivity contribution in [1.29, 1.82) is 0 Å². The molecule has 112 valence electrons. The highest BCUT2D eigenvalue weighted by Gasteiger charge is 1.98. The van der Waals surface area contributed by atoms with Gasteiger partial charge in [0.15, 0.2) is 0 Å². The SMILES string of the molecule is COc1cccc(CNCc2ccc(-n3ccnc3)cc2)c1. The summed E-state index contributed by atoms with van der Waals surface area (Å²) in [4.78, 5) is 4.06. The van der Waals surface area contributed by atoms with Crippen LogP contribution in [0.25, 0.3) is 5.69 Å². The molecule has 2 aromatic carbocycles. The van der Waals surface area contributed by atoms with E-state index in [4.69, 9.17) is 4.74 Å². The van der Waals surface area contributed by atoms with E-state index in [0.717, 1.165) is 24.5 Å². The van der Waals surface area contributed by atoms with E-state index in [-0.39, 0.29) is 0 Å². The lowest BCUT2D eigenvalue weighted by Crippen LogP contribution is -2.12. The monoisotopic (exact) mass is 293 g/mol. The molecule has 0 spiro atoms. The third-order valence-electron chi connectivity index (χ3n) is 3.53. The Bertz CT molecular complexity index is 705. The Labute approximate surface area is 130 Å². The van der Waals surface area contributed by atoms with Crippen LogP contribution in [-0.2, 0) is 13.1 Å². The standard InChI is InChI=1S/C18H19N3O/c1-22-18-4-2-3-16(11-18)13-20-12-15-5-7-17(8-6-15)21-10-9-19-14-21/h2-11,14,20H,12-13H2,1H3. The molecular weight excluding hydrogens is 274 g/mol. The Morgan fingerprint density at radius 3 is 2.59 bits per heavy atom. The molecule has 1 N–H and O–H groups in total. The summed E-state index contributed by atoms with van der Waals surface area (Å²) in [5, 5.41) is 3.45. The molecule has 1 heterocycles. The van der Waals surface area contributed by atoms with E-state index in [2.05, 4.69) is 46.7 Å². The molecule has 0 bridgehead atoms. The molecule has 0 fully saturated rings. The first-order valence-electron chi connectivity index (χ1n) is 7.26. The maximum absolute atomic E-state index is 5.23. The van der Waals surface area contributed by atoms with Crippen LogP contribution in [0.1, 0.15) is 11.1 Å². The number of nitrogens with one attached hydrogen (secondary N) is 1. The molecule has 0 atom stereocenters. The molecule has 0 unspecified atom stereocenters. The van der Waals surface area contributed by atoms with Gasteiger partial charge in [0.25, 0.3) is 0 Å². The van der Waals surface area contributed by atoms with E-state index in [1.807, 2.05) is 22.9 Å². The second-order valence-electron chi connectivity index (χ2n) is 5.09. The third kappa shape index (κ3) is 3.54. The average Bonchev–Trinajstić information content (AvgIpc) is 3.10. The first-order chi connectivity index (χ1) is 10.8. The van der Waals surface area contributed by atoms with E-state index in [9.17, 15) is 0 Å². The molecule has 3 aromatic rings. The van der Waals surface area contributed by atoms with E-state index >= 15 is 0 Å². The Morgan fingerprint density at radius 1 is 1.05 bits per heavy atom. The van der Waals surface area contributed by atoms with Gasteiger partial charge in [-0.25, -0.2) is 4.98 Å². The van der Waals surface area contributed by atoms with Crippen molar-refractivity contribution in [3.05, 3.63) is 78.4 Å². The lowest BCUT2D eigenvalue weighted by Gasteiger charge is -2.08. The molecule has 3 rings (SSSR count). The van der Waals surface area contributed by atoms with E-state index in [1.165, 1.54) is 11.1 Å². The number of nitrogens with zero attached hydrogens (tertiary/aromatic N) is 2. The lowest BCUT2D eigenvalue weighted by molar-refractivity contribution is 0.414. The van der Waals surface area contributed by atoms with Crippen molar-refractivity contribution in [1.82, 2.24) is 14.9 Å². The number of ether oxygens (including phenoxy) is 1. The maximum atomic E-state index is 5.23. The smallest absolute Gasteiger partial charge is 0.119 e. The van der Waals surface area contributed by atoms with Crippen LogP contribution in [0.2, 0.25) is 0 Å². The fourth-order valence-electron chi connectivity index (χ4n) is 2.33. The van der Waals surface area contributed by atoms with Crippen molar-refractivity contribution >= 4 is 0 Å². The van der Waals surface area contributed by atoms with Gasteiger partial charge in [-0.15, -0.1) is 0 Å². The van der Waals surface area contributed by atoms with Gasteiger partial charge in [0.05, 0.1) is 13.4 Å². The van der Waals surface area contributed by atoms with Gasteiger partial charge in [-0.1, -0.05) is 24.3 Å². The first-order valence-corrected chi connectivity index (χ1v) is 7.26. The maximum Gasteiger partial charge on any atom is 0.119 e. The minimum Gasteiger partial charge on any atom is -0.497 e. The molecule has 4 heteroatoms. The van der Waals surface area contributed by atoms with Crippen molar-refractivity contribution in [3.63, 3.8) is 0 Å². The zero-order valence-electron chi connectivity index (χ0n) is 12.6. The molecule has 0 saturated heterocycles. The van der Waals surface area contributed by atoms with Crippen LogP contribution < -0.4 is 10.1 Å². The highest BCUT2D eigenvalue weighted by atomic mass is 16.5. The summed E-state index contributed by atoms with van der Waals surface area (Å²) in [5.41, 5.74) is 3.59. The highest BCUT2D eigenvalue weighted by molar-refractivity contribution is 5.34. The normalized spacial score (nSPS) is 10.6. The number of hydrogen-bond donors (Lipinski definition) is 1. The number of aromatic nitrogens is 2. The van der Waals surface area contributed by atoms with Crippen molar-refractivity contribution in [2.45, 2.75) is 13.1 Å². The largest absolute Gasteiger partial charge is 0.497 e. The Morgan fingerprint density at radius 2 is 1.86 bits per heavy atom. The minimum atomic E-state index is 0.820. The molecule has 0 aliphatic heterocycles. The van der Waals surface area contributed by atoms with Crippen molar-refractivity contribution < 1.29 is 4.74 Å². The van der Waals surface area contributed by atoms with Crippen LogP contribution >= 0.6 is 0 Å². The summed E-state index contributed by atoms with van der Waals surface area (Å²) in [6.07, 6.45) is 5.52. The second kappa shape index (κ2) is 6.91. The van der Waals surface area contributed by atoms with E-state index in [1.54, 1.807) is 19.6 Å². The van der Waals surface area contributed by atoms with E-state index in [0.29, 0.717) is 0 Å². The van der Waals surface area contributed by atoms with Crippen molar-refractivity contribution in [3.8, 4) is 11.4 Å². The fraction of sp³-hybridized carbons (Fsp3) is 0.167. The van der Waals surface area contributed by atoms with E-state index < -0.39 is 0 Å². The van der Waals surface area contributed by atoms with Gasteiger partial charge in [0.2, 0.25) is 0 Å². The Kier molecular flexibility index (Phi) is 4.51. The molecular formula is C18H19N3O. The van der Waals surface area contributed by atoms with Gasteiger partial charge < -0.3 is 14.6 Å². The quantitative estimate of drug-likeness (QED) is 0.758. The number of benzene rings is 2. The predicted octanol–water partition coefficient (Wildman–Crippen LogP) is 3.17. The Hall–Kier alpha value is -2.59. The summed E-state index contributed by atoms with van der Waals surface area (Å²) in [7, 11) is 1.69. The molecule has 0 amide bonds. The number of imidazole rings is 1. The van der Waals surface area contributed by atoms with Crippen LogP contribution in [0, 0.1) is 0 Å². The summed E-state index contributed by atoms with van der Waals surface area (Å²) in [6.45, 7) is 1.65. The predicted molar refractivity (Wildman–Crippen MR) is 87.1 cm³/mol. The van der Waals surface area contributed by atoms with Gasteiger partial charge in [0, 0.05) is 31.2 Å². The third-order valence-corrected chi connectivity index (χ3v) is 3.53. The number of methoxy groups -OCH3 is 1. The molecule has 0 saturated carbocycles. The lowest BCUT2D eigenvalue weighted by atomic mass is 10.2. The minimum absolute atomic E-state index is 0.820. The highest BCUT2D eigenvalue weighted by Crippen LogP contribution is 2.13. The summed E-state index contributed by atoms with van der Waals surface area (Å²) < 4.78 is 7.23. The van der Waals surface area contributed by atoms with Crippen LogP contribution in [0.4, 0.5) is 0 Å². The van der Waals surface area contributed by atoms with Crippen LogP contribution in [-0.4, -0.2) is 16.7 Å². The summed E-state index contributed by atoms with van der Waals surface area (Å²) >= 11 is 0. The number of hydrogen-bond acceptors (Lipinski definition) is 3. The van der Waals surface area contributed by atoms with Crippen molar-refractivity contribution in [2.75, 3.05) is 7.11 Å². The molecule has 0 radical (unpaired) electrons. The van der Waals surface area contributed by atoms with Crippen LogP contribution in [0.15, 0.2) is 67.3 Å². The molecule has 4 nitrogen and oxygen atoms in total. The zero-order valence-corrected chi connectivity index (χ0v) is 12.6. The second-order valence-corrected chi connectivity index (χ2v) is 5.09. The zero-order chi connectivity index (χ0) is 15.2. The van der Waals surface area contributed by atoms with Crippen LogP contribution in [0.3, 0.4) is 0 Å². The summed E-state index contributed by atoms with van der Waals surface area (Å²) in [6, 6.07) is 16.6. The van der Waals surface area contributed by atoms with Gasteiger partial charge in [-0.3, -0.25) is 0 Å². The molecule has 0 aliphatic carbocycles.